The molecular weight excluding hydrogens is 685 g/mol. The molecule has 2 amide bonds. The Balaban J connectivity index is 1.02. The molecule has 0 saturated carbocycles. The molecule has 2 atom stereocenters. The summed E-state index contributed by atoms with van der Waals surface area (Å²) in [5.74, 6) is 0.318. The summed E-state index contributed by atoms with van der Waals surface area (Å²) in [6.45, 7) is 6.49. The quantitative estimate of drug-likeness (QED) is 0.261. The summed E-state index contributed by atoms with van der Waals surface area (Å²) in [5, 5.41) is 5.99. The van der Waals surface area contributed by atoms with Crippen molar-refractivity contribution in [2.75, 3.05) is 71.0 Å². The third kappa shape index (κ3) is 6.35. The van der Waals surface area contributed by atoms with Crippen molar-refractivity contribution in [2.45, 2.75) is 18.6 Å². The molecule has 4 aliphatic heterocycles. The topological polar surface area (TPSA) is 132 Å². The average Bonchev–Trinajstić information content (AvgIpc) is 3.87. The number of nitrogens with one attached hydrogen (secondary N) is 2. The summed E-state index contributed by atoms with van der Waals surface area (Å²) in [7, 11) is 1.32. The van der Waals surface area contributed by atoms with Crippen LogP contribution in [0.25, 0.3) is 11.0 Å². The van der Waals surface area contributed by atoms with Crippen molar-refractivity contribution in [2.24, 2.45) is 4.99 Å². The Bertz CT molecular complexity index is 2000. The van der Waals surface area contributed by atoms with Gasteiger partial charge in [-0.05, 0) is 30.3 Å². The number of rotatable bonds is 8. The van der Waals surface area contributed by atoms with E-state index in [4.69, 9.17) is 31.1 Å². The molecule has 8 rings (SSSR count). The summed E-state index contributed by atoms with van der Waals surface area (Å²) in [6.07, 6.45) is 1.68. The lowest BCUT2D eigenvalue weighted by atomic mass is 9.95. The van der Waals surface area contributed by atoms with Gasteiger partial charge in [0.05, 0.1) is 49.5 Å². The Hall–Kier alpha value is -4.41. The Morgan fingerprint density at radius 3 is 2.74 bits per heavy atom. The van der Waals surface area contributed by atoms with E-state index in [0.717, 1.165) is 55.4 Å². The fourth-order valence-electron chi connectivity index (χ4n) is 7.08. The number of amides is 2. The normalized spacial score (nSPS) is 21.8. The Labute approximate surface area is 296 Å². The Morgan fingerprint density at radius 2 is 1.96 bits per heavy atom. The first kappa shape index (κ1) is 32.8. The molecule has 4 aliphatic rings. The van der Waals surface area contributed by atoms with Gasteiger partial charge < -0.3 is 24.7 Å². The van der Waals surface area contributed by atoms with Gasteiger partial charge in [0.2, 0.25) is 0 Å². The summed E-state index contributed by atoms with van der Waals surface area (Å²) >= 11 is 7.92. The first-order valence-corrected chi connectivity index (χ1v) is 17.7. The number of nitrogens with zero attached hydrogens (tertiary/aromatic N) is 7. The average molecular weight is 720 g/mol. The first-order valence-electron chi connectivity index (χ1n) is 16.4. The Morgan fingerprint density at radius 1 is 1.10 bits per heavy atom. The summed E-state index contributed by atoms with van der Waals surface area (Å²) in [5.41, 5.74) is 3.92. The summed E-state index contributed by atoms with van der Waals surface area (Å²) in [4.78, 5) is 52.9. The van der Waals surface area contributed by atoms with E-state index >= 15 is 0 Å². The highest BCUT2D eigenvalue weighted by atomic mass is 35.5. The van der Waals surface area contributed by atoms with Gasteiger partial charge in [-0.25, -0.2) is 23.9 Å². The molecule has 260 valence electrons. The number of imidazole rings is 1. The van der Waals surface area contributed by atoms with E-state index in [2.05, 4.69) is 25.1 Å². The number of piperazine rings is 1. The van der Waals surface area contributed by atoms with Gasteiger partial charge in [0.15, 0.2) is 10.8 Å². The van der Waals surface area contributed by atoms with Crippen LogP contribution in [0.2, 0.25) is 5.02 Å². The number of carbonyl (C=O) groups excluding carboxylic acids is 2. The van der Waals surface area contributed by atoms with Crippen molar-refractivity contribution in [1.29, 1.82) is 0 Å². The van der Waals surface area contributed by atoms with E-state index in [-0.39, 0.29) is 22.7 Å². The highest BCUT2D eigenvalue weighted by molar-refractivity contribution is 7.11. The fraction of sp³-hybridized carbons (Fsp3) is 0.382. The molecule has 0 spiro atoms. The second kappa shape index (κ2) is 13.7. The van der Waals surface area contributed by atoms with E-state index in [0.29, 0.717) is 54.8 Å². The molecule has 0 radical (unpaired) electrons. The highest BCUT2D eigenvalue weighted by Crippen LogP contribution is 2.37. The minimum absolute atomic E-state index is 0.0347. The third-order valence-corrected chi connectivity index (χ3v) is 10.7. The highest BCUT2D eigenvalue weighted by Gasteiger charge is 2.42. The zero-order chi connectivity index (χ0) is 34.4. The lowest BCUT2D eigenvalue weighted by molar-refractivity contribution is -0.136. The summed E-state index contributed by atoms with van der Waals surface area (Å²) < 4.78 is 24.8. The maximum atomic E-state index is 14.0. The number of ether oxygens (including phenoxy) is 2. The number of hydrogen-bond donors (Lipinski definition) is 2. The molecule has 2 aromatic heterocycles. The van der Waals surface area contributed by atoms with E-state index in [1.165, 1.54) is 30.6 Å². The number of urea groups is 1. The third-order valence-electron chi connectivity index (χ3n) is 9.55. The van der Waals surface area contributed by atoms with E-state index in [9.17, 15) is 14.0 Å². The zero-order valence-electron chi connectivity index (χ0n) is 27.3. The van der Waals surface area contributed by atoms with Gasteiger partial charge in [-0.15, -0.1) is 11.3 Å². The maximum absolute atomic E-state index is 14.0. The second-order valence-electron chi connectivity index (χ2n) is 12.6. The summed E-state index contributed by atoms with van der Waals surface area (Å²) in [6, 6.07) is 9.03. The zero-order valence-corrected chi connectivity index (χ0v) is 28.8. The number of morpholine rings is 1. The second-order valence-corrected chi connectivity index (χ2v) is 13.9. The molecule has 3 fully saturated rings. The molecule has 50 heavy (non-hydrogen) atoms. The number of thiazole rings is 1. The van der Waals surface area contributed by atoms with Gasteiger partial charge in [0, 0.05) is 79.4 Å². The smallest absolute Gasteiger partial charge is 0.338 e. The van der Waals surface area contributed by atoms with Crippen LogP contribution in [-0.2, 0) is 20.8 Å². The van der Waals surface area contributed by atoms with Gasteiger partial charge in [0.1, 0.15) is 17.7 Å². The fourth-order valence-corrected chi connectivity index (χ4v) is 7.94. The number of hydrogen-bond acceptors (Lipinski definition) is 11. The molecule has 4 aromatic rings. The van der Waals surface area contributed by atoms with Crippen LogP contribution in [-0.4, -0.2) is 120 Å². The largest absolute Gasteiger partial charge is 0.466 e. The molecule has 0 unspecified atom stereocenters. The van der Waals surface area contributed by atoms with E-state index in [1.54, 1.807) is 12.3 Å². The van der Waals surface area contributed by atoms with Crippen molar-refractivity contribution in [3.05, 3.63) is 86.5 Å². The van der Waals surface area contributed by atoms with Crippen molar-refractivity contribution < 1.29 is 23.5 Å². The van der Waals surface area contributed by atoms with Gasteiger partial charge >= 0.3 is 12.0 Å². The molecule has 6 heterocycles. The first-order chi connectivity index (χ1) is 24.3. The molecule has 2 aromatic carbocycles. The number of fused-ring (bicyclic) bond motifs is 2. The van der Waals surface area contributed by atoms with E-state index in [1.807, 2.05) is 33.4 Å². The van der Waals surface area contributed by atoms with Crippen molar-refractivity contribution in [3.63, 3.8) is 0 Å². The monoisotopic (exact) mass is 719 g/mol. The van der Waals surface area contributed by atoms with Crippen LogP contribution in [0.4, 0.5) is 14.9 Å². The van der Waals surface area contributed by atoms with Crippen LogP contribution in [0.15, 0.2) is 64.2 Å². The van der Waals surface area contributed by atoms with E-state index < -0.39 is 17.8 Å². The molecule has 2 N–H and O–H groups in total. The number of anilines is 1. The van der Waals surface area contributed by atoms with Gasteiger partial charge in [-0.1, -0.05) is 17.7 Å². The predicted octanol–water partition coefficient (Wildman–Crippen LogP) is 3.79. The maximum Gasteiger partial charge on any atom is 0.338 e. The van der Waals surface area contributed by atoms with Gasteiger partial charge in [-0.2, -0.15) is 0 Å². The van der Waals surface area contributed by atoms with Crippen molar-refractivity contribution in [3.8, 4) is 0 Å². The lowest BCUT2D eigenvalue weighted by Crippen LogP contribution is -2.53. The number of benzene rings is 2. The Kier molecular flexibility index (Phi) is 8.99. The van der Waals surface area contributed by atoms with Crippen LogP contribution in [0, 0.1) is 5.82 Å². The number of aromatic amines is 1. The van der Waals surface area contributed by atoms with Crippen molar-refractivity contribution >= 4 is 57.5 Å². The minimum atomic E-state index is -0.845. The SMILES string of the molecule is COC(=O)C1=C(CN2CCN3C(=O)N(c4ccc5[nH]c(CN6CCOCC6)nc5c4)C[C@@H]3C2)NC(c2nccs2)=N[C@H]1c1ccc(F)cc1Cl. The number of H-pyrrole nitrogens is 1. The van der Waals surface area contributed by atoms with Crippen LogP contribution >= 0.6 is 22.9 Å². The molecule has 3 saturated heterocycles. The molecule has 0 aliphatic carbocycles. The van der Waals surface area contributed by atoms with Gasteiger partial charge in [0.25, 0.3) is 0 Å². The molecule has 0 bridgehead atoms. The standard InChI is InChI=1S/C34H35ClFN9O4S/c1-48-33(46)29-27(40-31(32-37-6-13-50-32)41-30(29)23-4-2-20(36)14-24(23)35)18-43-7-8-44-22(16-43)17-45(34(44)47)21-3-5-25-26(15-21)39-28(38-25)19-42-9-11-49-12-10-42/h2-6,13-15,22,30H,7-12,16-19H2,1H3,(H,38,39)(H,40,41)/t22-,30-/m0/s1. The number of methoxy groups -OCH3 is 1. The number of aliphatic imine (C=N–C) groups is 1. The number of amidine groups is 1. The van der Waals surface area contributed by atoms with Crippen molar-refractivity contribution in [1.82, 2.24) is 35.0 Å². The van der Waals surface area contributed by atoms with Crippen LogP contribution < -0.4 is 10.2 Å². The number of aromatic nitrogens is 3. The van der Waals surface area contributed by atoms with Crippen LogP contribution in [0.5, 0.6) is 0 Å². The molecular formula is C34H35ClFN9O4S. The predicted molar refractivity (Wildman–Crippen MR) is 187 cm³/mol. The number of carbonyl (C=O) groups is 2. The number of halogens is 2. The van der Waals surface area contributed by atoms with Crippen LogP contribution in [0.1, 0.15) is 22.4 Å². The minimum Gasteiger partial charge on any atom is -0.466 e. The van der Waals surface area contributed by atoms with Gasteiger partial charge in [-0.3, -0.25) is 19.7 Å². The lowest BCUT2D eigenvalue weighted by Gasteiger charge is -2.38. The molecule has 16 heteroatoms. The van der Waals surface area contributed by atoms with Crippen LogP contribution in [0.3, 0.4) is 0 Å². The molecule has 13 nitrogen and oxygen atoms in total. The number of esters is 1.